The second-order valence-electron chi connectivity index (χ2n) is 7.12. The minimum absolute atomic E-state index is 0.383. The lowest BCUT2D eigenvalue weighted by molar-refractivity contribution is 0.157. The van der Waals surface area contributed by atoms with E-state index in [0.29, 0.717) is 16.6 Å². The monoisotopic (exact) mass is 296 g/mol. The van der Waals surface area contributed by atoms with Crippen LogP contribution in [0.1, 0.15) is 45.9 Å². The van der Waals surface area contributed by atoms with Crippen LogP contribution in [0.2, 0.25) is 0 Å². The third kappa shape index (κ3) is 3.37. The zero-order valence-electron chi connectivity index (χ0n) is 13.4. The fourth-order valence-electron chi connectivity index (χ4n) is 3.02. The van der Waals surface area contributed by atoms with Gasteiger partial charge in [0.15, 0.2) is 5.16 Å². The van der Waals surface area contributed by atoms with E-state index in [9.17, 15) is 0 Å². The van der Waals surface area contributed by atoms with Crippen molar-refractivity contribution < 1.29 is 0 Å². The van der Waals surface area contributed by atoms with Crippen molar-refractivity contribution >= 4 is 11.8 Å². The predicted molar refractivity (Wildman–Crippen MR) is 84.7 cm³/mol. The van der Waals surface area contributed by atoms with E-state index in [1.165, 1.54) is 19.3 Å². The van der Waals surface area contributed by atoms with Gasteiger partial charge in [-0.3, -0.25) is 0 Å². The Morgan fingerprint density at radius 1 is 1.30 bits per heavy atom. The van der Waals surface area contributed by atoms with Crippen LogP contribution in [0.4, 0.5) is 0 Å². The fraction of sp³-hybridized carbons (Fsp3) is 0.867. The largest absolute Gasteiger partial charge is 0.330 e. The van der Waals surface area contributed by atoms with Gasteiger partial charge >= 0.3 is 0 Å². The Hall–Kier alpha value is -0.550. The highest BCUT2D eigenvalue weighted by atomic mass is 32.2. The lowest BCUT2D eigenvalue weighted by Gasteiger charge is -2.41. The number of hydrogen-bond acceptors (Lipinski definition) is 4. The minimum Gasteiger partial charge on any atom is -0.330 e. The molecule has 5 heteroatoms. The molecule has 0 aliphatic heterocycles. The van der Waals surface area contributed by atoms with Crippen LogP contribution in [0.25, 0.3) is 0 Å². The first-order chi connectivity index (χ1) is 9.32. The van der Waals surface area contributed by atoms with Gasteiger partial charge in [0.25, 0.3) is 0 Å². The van der Waals surface area contributed by atoms with Crippen LogP contribution < -0.4 is 5.73 Å². The highest BCUT2D eigenvalue weighted by molar-refractivity contribution is 7.99. The van der Waals surface area contributed by atoms with Gasteiger partial charge in [-0.2, -0.15) is 0 Å². The van der Waals surface area contributed by atoms with E-state index in [2.05, 4.69) is 35.5 Å². The van der Waals surface area contributed by atoms with Gasteiger partial charge in [0.05, 0.1) is 0 Å². The van der Waals surface area contributed by atoms with E-state index in [0.717, 1.165) is 23.4 Å². The second-order valence-corrected chi connectivity index (χ2v) is 8.32. The average molecular weight is 296 g/mol. The number of nitrogens with zero attached hydrogens (tertiary/aromatic N) is 3. The van der Waals surface area contributed by atoms with Crippen molar-refractivity contribution in [2.45, 2.75) is 57.4 Å². The fourth-order valence-corrected chi connectivity index (χ4v) is 4.44. The Balaban J connectivity index is 2.11. The van der Waals surface area contributed by atoms with Gasteiger partial charge in [-0.15, -0.1) is 10.2 Å². The summed E-state index contributed by atoms with van der Waals surface area (Å²) in [5.41, 5.74) is 6.37. The molecule has 0 radical (unpaired) electrons. The Morgan fingerprint density at radius 3 is 2.50 bits per heavy atom. The summed E-state index contributed by atoms with van der Waals surface area (Å²) in [6.45, 7) is 9.85. The van der Waals surface area contributed by atoms with Gasteiger partial charge < -0.3 is 10.3 Å². The summed E-state index contributed by atoms with van der Waals surface area (Å²) in [5, 5.41) is 10.1. The molecule has 2 N–H and O–H groups in total. The molecular formula is C15H28N4S. The molecule has 0 bridgehead atoms. The zero-order valence-corrected chi connectivity index (χ0v) is 14.2. The van der Waals surface area contributed by atoms with Crippen molar-refractivity contribution in [1.29, 1.82) is 0 Å². The smallest absolute Gasteiger partial charge is 0.191 e. The molecule has 1 aromatic heterocycles. The van der Waals surface area contributed by atoms with E-state index in [1.54, 1.807) is 0 Å². The molecule has 1 heterocycles. The number of nitrogens with two attached hydrogens (primary N) is 1. The number of rotatable bonds is 3. The van der Waals surface area contributed by atoms with Crippen molar-refractivity contribution in [3.05, 3.63) is 5.82 Å². The van der Waals surface area contributed by atoms with E-state index in [4.69, 9.17) is 5.73 Å². The standard InChI is InChI=1S/C15H28N4S/c1-10-17-18-14(19(10)5)20-13-8-12(15(2,3)4)7-6-11(13)9-16/h11-13H,6-9,16H2,1-5H3. The quantitative estimate of drug-likeness (QED) is 0.931. The molecule has 114 valence electrons. The Morgan fingerprint density at radius 2 is 2.00 bits per heavy atom. The van der Waals surface area contributed by atoms with Gasteiger partial charge in [-0.05, 0) is 50.0 Å². The lowest BCUT2D eigenvalue weighted by Crippen LogP contribution is -2.36. The van der Waals surface area contributed by atoms with E-state index >= 15 is 0 Å². The van der Waals surface area contributed by atoms with E-state index in [1.807, 2.05) is 25.7 Å². The molecule has 2 rings (SSSR count). The molecule has 20 heavy (non-hydrogen) atoms. The number of aromatic nitrogens is 3. The zero-order chi connectivity index (χ0) is 14.9. The van der Waals surface area contributed by atoms with Crippen LogP contribution in [0.5, 0.6) is 0 Å². The summed E-state index contributed by atoms with van der Waals surface area (Å²) in [7, 11) is 2.04. The van der Waals surface area contributed by atoms with E-state index in [-0.39, 0.29) is 0 Å². The van der Waals surface area contributed by atoms with Crippen LogP contribution in [0.3, 0.4) is 0 Å². The molecule has 1 fully saturated rings. The molecule has 0 aromatic carbocycles. The normalized spacial score (nSPS) is 27.8. The molecule has 3 atom stereocenters. The molecule has 3 unspecified atom stereocenters. The Kier molecular flexibility index (Phi) is 4.80. The van der Waals surface area contributed by atoms with Crippen LogP contribution >= 0.6 is 11.8 Å². The van der Waals surface area contributed by atoms with Gasteiger partial charge in [0.1, 0.15) is 5.82 Å². The molecule has 0 spiro atoms. The number of aryl methyl sites for hydroxylation is 1. The minimum atomic E-state index is 0.383. The van der Waals surface area contributed by atoms with Gasteiger partial charge in [0.2, 0.25) is 0 Å². The van der Waals surface area contributed by atoms with Crippen molar-refractivity contribution in [1.82, 2.24) is 14.8 Å². The summed E-state index contributed by atoms with van der Waals surface area (Å²) >= 11 is 1.87. The van der Waals surface area contributed by atoms with Crippen molar-refractivity contribution in [3.63, 3.8) is 0 Å². The molecule has 0 saturated heterocycles. The van der Waals surface area contributed by atoms with Crippen LogP contribution in [-0.4, -0.2) is 26.6 Å². The molecule has 1 aliphatic rings. The first kappa shape index (κ1) is 15.8. The van der Waals surface area contributed by atoms with Crippen LogP contribution in [0.15, 0.2) is 5.16 Å². The molecule has 4 nitrogen and oxygen atoms in total. The maximum Gasteiger partial charge on any atom is 0.191 e. The Bertz CT molecular complexity index is 449. The molecule has 1 saturated carbocycles. The second kappa shape index (κ2) is 6.06. The Labute approximate surface area is 126 Å². The average Bonchev–Trinajstić information content (AvgIpc) is 2.69. The van der Waals surface area contributed by atoms with Gasteiger partial charge in [-0.25, -0.2) is 0 Å². The van der Waals surface area contributed by atoms with Crippen molar-refractivity contribution in [2.75, 3.05) is 6.54 Å². The molecule has 0 amide bonds. The third-order valence-electron chi connectivity index (χ3n) is 4.77. The maximum absolute atomic E-state index is 5.99. The first-order valence-corrected chi connectivity index (χ1v) is 8.43. The SMILES string of the molecule is Cc1nnc(SC2CC(C(C)(C)C)CCC2CN)n1C. The topological polar surface area (TPSA) is 56.7 Å². The van der Waals surface area contributed by atoms with Crippen molar-refractivity contribution in [2.24, 2.45) is 30.0 Å². The third-order valence-corrected chi connectivity index (χ3v) is 6.21. The number of hydrogen-bond donors (Lipinski definition) is 1. The number of thioether (sulfide) groups is 1. The maximum atomic E-state index is 5.99. The van der Waals surface area contributed by atoms with Crippen LogP contribution in [0, 0.1) is 24.2 Å². The predicted octanol–water partition coefficient (Wildman–Crippen LogP) is 3.01. The van der Waals surface area contributed by atoms with Crippen LogP contribution in [-0.2, 0) is 7.05 Å². The lowest BCUT2D eigenvalue weighted by atomic mass is 9.69. The summed E-state index contributed by atoms with van der Waals surface area (Å²) in [6, 6.07) is 0. The first-order valence-electron chi connectivity index (χ1n) is 7.55. The summed E-state index contributed by atoms with van der Waals surface area (Å²) in [4.78, 5) is 0. The van der Waals surface area contributed by atoms with Crippen molar-refractivity contribution in [3.8, 4) is 0 Å². The van der Waals surface area contributed by atoms with Gasteiger partial charge in [-0.1, -0.05) is 32.5 Å². The molecular weight excluding hydrogens is 268 g/mol. The summed E-state index contributed by atoms with van der Waals surface area (Å²) < 4.78 is 2.08. The highest BCUT2D eigenvalue weighted by Crippen LogP contribution is 2.45. The molecule has 1 aromatic rings. The highest BCUT2D eigenvalue weighted by Gasteiger charge is 2.36. The van der Waals surface area contributed by atoms with E-state index < -0.39 is 0 Å². The molecule has 1 aliphatic carbocycles. The van der Waals surface area contributed by atoms with Gasteiger partial charge in [0, 0.05) is 12.3 Å². The summed E-state index contributed by atoms with van der Waals surface area (Å²) in [5.74, 6) is 2.35. The summed E-state index contributed by atoms with van der Waals surface area (Å²) in [6.07, 6.45) is 3.79.